The van der Waals surface area contributed by atoms with E-state index in [0.29, 0.717) is 0 Å². The minimum atomic E-state index is 0.818. The normalized spacial score (nSPS) is 11.8. The van der Waals surface area contributed by atoms with E-state index in [1.54, 1.807) is 0 Å². The van der Waals surface area contributed by atoms with Gasteiger partial charge >= 0.3 is 0 Å². The Morgan fingerprint density at radius 1 is 0.396 bits per heavy atom. The van der Waals surface area contributed by atoms with Gasteiger partial charge in [0.25, 0.3) is 0 Å². The second-order valence-electron chi connectivity index (χ2n) is 12.3. The van der Waals surface area contributed by atoms with Crippen LogP contribution < -0.4 is 0 Å². The zero-order valence-corrected chi connectivity index (χ0v) is 25.8. The number of nitrogens with zero attached hydrogens (tertiary/aromatic N) is 3. The highest BCUT2D eigenvalue weighted by atomic mass is 16.3. The molecule has 0 spiro atoms. The Bertz CT molecular complexity index is 2810. The molecule has 0 radical (unpaired) electrons. The molecule has 0 atom stereocenters. The van der Waals surface area contributed by atoms with Gasteiger partial charge in [0.05, 0.1) is 5.52 Å². The molecule has 224 valence electrons. The van der Waals surface area contributed by atoms with E-state index >= 15 is 0 Å². The van der Waals surface area contributed by atoms with E-state index < -0.39 is 0 Å². The monoisotopic (exact) mass is 613 g/mol. The first-order valence-corrected chi connectivity index (χ1v) is 16.2. The number of pyridine rings is 1. The van der Waals surface area contributed by atoms with Crippen LogP contribution in [0.25, 0.3) is 94.0 Å². The van der Waals surface area contributed by atoms with E-state index in [1.165, 1.54) is 27.5 Å². The van der Waals surface area contributed by atoms with Crippen LogP contribution >= 0.6 is 0 Å². The largest absolute Gasteiger partial charge is 0.455 e. The molecule has 0 amide bonds. The molecule has 0 saturated heterocycles. The summed E-state index contributed by atoms with van der Waals surface area (Å²) in [7, 11) is 0. The highest BCUT2D eigenvalue weighted by Gasteiger charge is 2.18. The first-order valence-electron chi connectivity index (χ1n) is 16.2. The lowest BCUT2D eigenvalue weighted by molar-refractivity contribution is 0.670. The van der Waals surface area contributed by atoms with E-state index in [-0.39, 0.29) is 0 Å². The topological polar surface area (TPSA) is 43.3 Å². The van der Waals surface area contributed by atoms with Crippen molar-refractivity contribution in [3.05, 3.63) is 164 Å². The second-order valence-corrected chi connectivity index (χ2v) is 12.3. The van der Waals surface area contributed by atoms with Gasteiger partial charge in [-0.1, -0.05) is 133 Å². The average Bonchev–Trinajstić information content (AvgIpc) is 3.78. The van der Waals surface area contributed by atoms with Gasteiger partial charge in [0.1, 0.15) is 11.2 Å². The van der Waals surface area contributed by atoms with Gasteiger partial charge in [0, 0.05) is 32.7 Å². The van der Waals surface area contributed by atoms with E-state index in [9.17, 15) is 0 Å². The number of furan rings is 1. The molecule has 0 bridgehead atoms. The van der Waals surface area contributed by atoms with Gasteiger partial charge in [0.15, 0.2) is 11.5 Å². The molecule has 0 unspecified atom stereocenters. The summed E-state index contributed by atoms with van der Waals surface area (Å²) >= 11 is 0. The Labute approximate surface area is 276 Å². The maximum Gasteiger partial charge on any atom is 0.169 e. The maximum atomic E-state index is 6.64. The van der Waals surface area contributed by atoms with Crippen molar-refractivity contribution >= 4 is 49.3 Å². The lowest BCUT2D eigenvalue weighted by atomic mass is 9.94. The molecule has 3 aromatic heterocycles. The molecule has 0 fully saturated rings. The third kappa shape index (κ3) is 4.10. The lowest BCUT2D eigenvalue weighted by Crippen LogP contribution is -1.94. The van der Waals surface area contributed by atoms with Gasteiger partial charge in [-0.25, -0.2) is 0 Å². The van der Waals surface area contributed by atoms with Crippen molar-refractivity contribution in [3.63, 3.8) is 0 Å². The maximum absolute atomic E-state index is 6.64. The van der Waals surface area contributed by atoms with Crippen molar-refractivity contribution in [2.45, 2.75) is 0 Å². The number of aromatic nitrogens is 3. The summed E-state index contributed by atoms with van der Waals surface area (Å²) in [6.45, 7) is 0. The smallest absolute Gasteiger partial charge is 0.169 e. The van der Waals surface area contributed by atoms with Crippen molar-refractivity contribution in [1.82, 2.24) is 14.6 Å². The van der Waals surface area contributed by atoms with Crippen LogP contribution in [0.3, 0.4) is 0 Å². The summed E-state index contributed by atoms with van der Waals surface area (Å²) in [4.78, 5) is 0. The SMILES string of the molecule is c1ccc(-c2ccc3oc4c(-c5ccc(-c6nnc7c8ccccc8c8ccccc8n67)cc5)cc(-c5ccccc5)cc4c3c2)cc1. The fraction of sp³-hybridized carbons (Fsp3) is 0. The quantitative estimate of drug-likeness (QED) is 0.186. The van der Waals surface area contributed by atoms with Crippen LogP contribution in [-0.4, -0.2) is 14.6 Å². The van der Waals surface area contributed by atoms with Crippen LogP contribution in [-0.2, 0) is 0 Å². The Hall–Kier alpha value is -6.52. The summed E-state index contributed by atoms with van der Waals surface area (Å²) in [6.07, 6.45) is 0. The molecule has 0 N–H and O–H groups in total. The Balaban J connectivity index is 1.16. The summed E-state index contributed by atoms with van der Waals surface area (Å²) < 4.78 is 8.83. The molecule has 0 aliphatic heterocycles. The average molecular weight is 614 g/mol. The number of rotatable bonds is 4. The van der Waals surface area contributed by atoms with Crippen LogP contribution in [0.2, 0.25) is 0 Å². The minimum absolute atomic E-state index is 0.818. The molecule has 3 heterocycles. The molecule has 0 aliphatic rings. The van der Waals surface area contributed by atoms with Gasteiger partial charge in [-0.15, -0.1) is 10.2 Å². The highest BCUT2D eigenvalue weighted by Crippen LogP contribution is 2.41. The number of benzene rings is 7. The summed E-state index contributed by atoms with van der Waals surface area (Å²) in [5.41, 5.74) is 11.5. The molecular formula is C44H27N3O. The summed E-state index contributed by atoms with van der Waals surface area (Å²) in [5, 5.41) is 15.1. The van der Waals surface area contributed by atoms with Gasteiger partial charge in [-0.05, 0) is 63.5 Å². The Morgan fingerprint density at radius 2 is 1.00 bits per heavy atom. The summed E-state index contributed by atoms with van der Waals surface area (Å²) in [5.74, 6) is 0.818. The third-order valence-corrected chi connectivity index (χ3v) is 9.51. The van der Waals surface area contributed by atoms with Gasteiger partial charge in [-0.3, -0.25) is 4.40 Å². The van der Waals surface area contributed by atoms with Gasteiger partial charge in [0.2, 0.25) is 0 Å². The van der Waals surface area contributed by atoms with Crippen molar-refractivity contribution < 1.29 is 4.42 Å². The van der Waals surface area contributed by atoms with Crippen molar-refractivity contribution in [3.8, 4) is 44.8 Å². The van der Waals surface area contributed by atoms with Crippen LogP contribution in [0, 0.1) is 0 Å². The van der Waals surface area contributed by atoms with Crippen molar-refractivity contribution in [1.29, 1.82) is 0 Å². The molecule has 48 heavy (non-hydrogen) atoms. The van der Waals surface area contributed by atoms with E-state index in [2.05, 4.69) is 168 Å². The molecule has 4 heteroatoms. The zero-order chi connectivity index (χ0) is 31.6. The predicted molar refractivity (Wildman–Crippen MR) is 197 cm³/mol. The van der Waals surface area contributed by atoms with Gasteiger partial charge in [-0.2, -0.15) is 0 Å². The van der Waals surface area contributed by atoms with Crippen LogP contribution in [0.15, 0.2) is 168 Å². The predicted octanol–water partition coefficient (Wildman–Crippen LogP) is 11.6. The van der Waals surface area contributed by atoms with Gasteiger partial charge < -0.3 is 4.42 Å². The number of fused-ring (bicyclic) bond motifs is 9. The fourth-order valence-electron chi connectivity index (χ4n) is 7.18. The third-order valence-electron chi connectivity index (χ3n) is 9.51. The number of hydrogen-bond acceptors (Lipinski definition) is 3. The standard InChI is InChI=1S/C44H27N3O/c1-3-11-28(12-4-1)32-23-24-41-38(25-32)39-27-33(29-13-5-2-6-14-29)26-37(42(39)48-41)30-19-21-31(22-20-30)43-45-46-44-36-17-8-7-15-34(36)35-16-9-10-18-40(35)47(43)44/h1-27H. The second kappa shape index (κ2) is 10.5. The molecule has 10 aromatic rings. The number of hydrogen-bond donors (Lipinski definition) is 0. The summed E-state index contributed by atoms with van der Waals surface area (Å²) in [6, 6.07) is 57.6. The lowest BCUT2D eigenvalue weighted by Gasteiger charge is -2.10. The number of para-hydroxylation sites is 1. The van der Waals surface area contributed by atoms with E-state index in [0.717, 1.165) is 66.6 Å². The highest BCUT2D eigenvalue weighted by molar-refractivity contribution is 6.13. The Kier molecular flexibility index (Phi) is 5.84. The van der Waals surface area contributed by atoms with E-state index in [1.807, 2.05) is 0 Å². The molecule has 4 nitrogen and oxygen atoms in total. The molecule has 10 rings (SSSR count). The van der Waals surface area contributed by atoms with Crippen LogP contribution in [0.4, 0.5) is 0 Å². The molecule has 0 aliphatic carbocycles. The minimum Gasteiger partial charge on any atom is -0.455 e. The van der Waals surface area contributed by atoms with Crippen molar-refractivity contribution in [2.24, 2.45) is 0 Å². The molecular weight excluding hydrogens is 587 g/mol. The fourth-order valence-corrected chi connectivity index (χ4v) is 7.18. The van der Waals surface area contributed by atoms with Crippen molar-refractivity contribution in [2.75, 3.05) is 0 Å². The van der Waals surface area contributed by atoms with Crippen LogP contribution in [0.5, 0.6) is 0 Å². The zero-order valence-electron chi connectivity index (χ0n) is 25.8. The van der Waals surface area contributed by atoms with Crippen LogP contribution in [0.1, 0.15) is 0 Å². The Morgan fingerprint density at radius 3 is 1.77 bits per heavy atom. The first kappa shape index (κ1) is 26.7. The van der Waals surface area contributed by atoms with E-state index in [4.69, 9.17) is 14.6 Å². The first-order chi connectivity index (χ1) is 23.8. The molecule has 7 aromatic carbocycles. The molecule has 0 saturated carbocycles.